The van der Waals surface area contributed by atoms with Crippen LogP contribution in [0, 0.1) is 6.92 Å². The number of aryl methyl sites for hydroxylation is 1. The van der Waals surface area contributed by atoms with Crippen LogP contribution in [0.1, 0.15) is 16.4 Å². The lowest BCUT2D eigenvalue weighted by Crippen LogP contribution is -2.19. The molecule has 0 aliphatic carbocycles. The number of para-hydroxylation sites is 1. The lowest BCUT2D eigenvalue weighted by Gasteiger charge is -2.18. The molecule has 0 saturated carbocycles. The van der Waals surface area contributed by atoms with Crippen molar-refractivity contribution in [3.63, 3.8) is 0 Å². The maximum absolute atomic E-state index is 13.5. The third-order valence-corrected chi connectivity index (χ3v) is 6.67. The summed E-state index contributed by atoms with van der Waals surface area (Å²) in [4.78, 5) is 17.7. The first-order valence-electron chi connectivity index (χ1n) is 11.2. The Morgan fingerprint density at radius 1 is 0.829 bits per heavy atom. The molecule has 0 fully saturated rings. The number of nitrogens with zero attached hydrogens (tertiary/aromatic N) is 4. The molecule has 3 aromatic carbocycles. The second kappa shape index (κ2) is 10.4. The molecule has 0 saturated heterocycles. The molecular weight excluding hydrogens is 454 g/mol. The van der Waals surface area contributed by atoms with Gasteiger partial charge in [-0.05, 0) is 48.9 Å². The van der Waals surface area contributed by atoms with E-state index in [4.69, 9.17) is 0 Å². The quantitative estimate of drug-likeness (QED) is 0.286. The zero-order valence-electron chi connectivity index (χ0n) is 19.1. The summed E-state index contributed by atoms with van der Waals surface area (Å²) in [5, 5.41) is 12.2. The summed E-state index contributed by atoms with van der Waals surface area (Å²) in [5.41, 5.74) is 4.58. The van der Waals surface area contributed by atoms with Gasteiger partial charge in [-0.25, -0.2) is 0 Å². The van der Waals surface area contributed by atoms with Gasteiger partial charge in [0.1, 0.15) is 5.25 Å². The summed E-state index contributed by atoms with van der Waals surface area (Å²) >= 11 is 1.37. The number of amides is 1. The molecule has 1 amide bonds. The predicted molar refractivity (Wildman–Crippen MR) is 139 cm³/mol. The number of carbonyl (C=O) groups is 1. The van der Waals surface area contributed by atoms with Crippen LogP contribution in [0.3, 0.4) is 0 Å². The van der Waals surface area contributed by atoms with Gasteiger partial charge in [0.2, 0.25) is 5.91 Å². The van der Waals surface area contributed by atoms with Gasteiger partial charge < -0.3 is 5.32 Å². The number of pyridine rings is 1. The monoisotopic (exact) mass is 477 g/mol. The molecule has 2 heterocycles. The molecule has 0 spiro atoms. The van der Waals surface area contributed by atoms with Gasteiger partial charge >= 0.3 is 0 Å². The van der Waals surface area contributed by atoms with Crippen LogP contribution in [0.25, 0.3) is 17.1 Å². The fraction of sp³-hybridized carbons (Fsp3) is 0.0714. The number of aromatic nitrogens is 4. The molecule has 1 unspecified atom stereocenters. The maximum Gasteiger partial charge on any atom is 0.242 e. The van der Waals surface area contributed by atoms with Crippen molar-refractivity contribution in [3.05, 3.63) is 121 Å². The van der Waals surface area contributed by atoms with Gasteiger partial charge in [0.05, 0.1) is 0 Å². The first-order valence-corrected chi connectivity index (χ1v) is 12.1. The maximum atomic E-state index is 13.5. The first kappa shape index (κ1) is 22.6. The van der Waals surface area contributed by atoms with Gasteiger partial charge in [-0.1, -0.05) is 78.0 Å². The molecule has 0 bridgehead atoms. The van der Waals surface area contributed by atoms with E-state index in [9.17, 15) is 4.79 Å². The van der Waals surface area contributed by atoms with E-state index in [2.05, 4.69) is 20.5 Å². The predicted octanol–water partition coefficient (Wildman–Crippen LogP) is 6.11. The van der Waals surface area contributed by atoms with Crippen LogP contribution >= 0.6 is 11.8 Å². The zero-order chi connectivity index (χ0) is 24.0. The summed E-state index contributed by atoms with van der Waals surface area (Å²) < 4.78 is 1.98. The summed E-state index contributed by atoms with van der Waals surface area (Å²) in [6, 6.07) is 31.2. The molecule has 0 aliphatic heterocycles. The minimum atomic E-state index is -0.533. The Morgan fingerprint density at radius 2 is 1.49 bits per heavy atom. The van der Waals surface area contributed by atoms with Crippen molar-refractivity contribution in [2.24, 2.45) is 0 Å². The van der Waals surface area contributed by atoms with Gasteiger partial charge in [0, 0.05) is 29.3 Å². The first-order chi connectivity index (χ1) is 17.2. The van der Waals surface area contributed by atoms with Crippen molar-refractivity contribution in [1.82, 2.24) is 19.7 Å². The molecule has 6 nitrogen and oxygen atoms in total. The molecular formula is C28H23N5OS. The molecule has 35 heavy (non-hydrogen) atoms. The number of anilines is 1. The minimum Gasteiger partial charge on any atom is -0.325 e. The molecule has 5 rings (SSSR count). The second-order valence-electron chi connectivity index (χ2n) is 7.98. The van der Waals surface area contributed by atoms with E-state index in [0.29, 0.717) is 11.0 Å². The van der Waals surface area contributed by atoms with Gasteiger partial charge in [-0.3, -0.25) is 14.3 Å². The SMILES string of the molecule is Cc1ccc(NC(=O)C(Sc2nnc(-c3ccncc3)n2-c2ccccc2)c2ccccc2)cc1. The zero-order valence-corrected chi connectivity index (χ0v) is 19.9. The lowest BCUT2D eigenvalue weighted by molar-refractivity contribution is -0.115. The third kappa shape index (κ3) is 5.15. The van der Waals surface area contributed by atoms with E-state index in [1.165, 1.54) is 11.8 Å². The minimum absolute atomic E-state index is 0.127. The number of rotatable bonds is 7. The van der Waals surface area contributed by atoms with Crippen molar-refractivity contribution >= 4 is 23.4 Å². The number of benzene rings is 3. The van der Waals surface area contributed by atoms with E-state index >= 15 is 0 Å². The number of hydrogen-bond acceptors (Lipinski definition) is 5. The average molecular weight is 478 g/mol. The van der Waals surface area contributed by atoms with Gasteiger partial charge in [0.15, 0.2) is 11.0 Å². The van der Waals surface area contributed by atoms with E-state index in [-0.39, 0.29) is 5.91 Å². The lowest BCUT2D eigenvalue weighted by atomic mass is 10.1. The molecule has 2 aromatic heterocycles. The van der Waals surface area contributed by atoms with Crippen LogP contribution in [0.4, 0.5) is 5.69 Å². The highest BCUT2D eigenvalue weighted by Gasteiger charge is 2.26. The van der Waals surface area contributed by atoms with Crippen LogP contribution in [0.15, 0.2) is 115 Å². The molecule has 172 valence electrons. The number of hydrogen-bond donors (Lipinski definition) is 1. The Labute approximate surface area is 208 Å². The van der Waals surface area contributed by atoms with Gasteiger partial charge in [-0.15, -0.1) is 10.2 Å². The molecule has 0 radical (unpaired) electrons. The summed E-state index contributed by atoms with van der Waals surface area (Å²) in [7, 11) is 0. The normalized spacial score (nSPS) is 11.7. The van der Waals surface area contributed by atoms with E-state index in [1.807, 2.05) is 109 Å². The van der Waals surface area contributed by atoms with Crippen LogP contribution in [0.5, 0.6) is 0 Å². The standard InChI is InChI=1S/C28H23N5OS/c1-20-12-14-23(15-13-20)30-27(34)25(21-8-4-2-5-9-21)35-28-32-31-26(22-16-18-29-19-17-22)33(28)24-10-6-3-7-11-24/h2-19,25H,1H3,(H,30,34). The fourth-order valence-corrected chi connectivity index (χ4v) is 4.75. The van der Waals surface area contributed by atoms with E-state index in [1.54, 1.807) is 12.4 Å². The highest BCUT2D eigenvalue weighted by atomic mass is 32.2. The fourth-order valence-electron chi connectivity index (χ4n) is 3.69. The number of carbonyl (C=O) groups excluding carboxylic acids is 1. The Balaban J connectivity index is 1.55. The van der Waals surface area contributed by atoms with Crippen molar-refractivity contribution < 1.29 is 4.79 Å². The van der Waals surface area contributed by atoms with Crippen molar-refractivity contribution in [3.8, 4) is 17.1 Å². The Kier molecular flexibility index (Phi) is 6.68. The summed E-state index contributed by atoms with van der Waals surface area (Å²) in [6.07, 6.45) is 3.46. The number of nitrogens with one attached hydrogen (secondary N) is 1. The van der Waals surface area contributed by atoms with Crippen LogP contribution in [-0.2, 0) is 4.79 Å². The Bertz CT molecular complexity index is 1400. The van der Waals surface area contributed by atoms with Crippen LogP contribution < -0.4 is 5.32 Å². The number of thioether (sulfide) groups is 1. The van der Waals surface area contributed by atoms with Crippen molar-refractivity contribution in [1.29, 1.82) is 0 Å². The summed E-state index contributed by atoms with van der Waals surface area (Å²) in [6.45, 7) is 2.02. The highest BCUT2D eigenvalue weighted by Crippen LogP contribution is 2.38. The second-order valence-corrected chi connectivity index (χ2v) is 9.05. The van der Waals surface area contributed by atoms with Gasteiger partial charge in [-0.2, -0.15) is 0 Å². The molecule has 1 atom stereocenters. The van der Waals surface area contributed by atoms with Crippen LogP contribution in [-0.4, -0.2) is 25.7 Å². The highest BCUT2D eigenvalue weighted by molar-refractivity contribution is 8.00. The van der Waals surface area contributed by atoms with E-state index in [0.717, 1.165) is 28.1 Å². The molecule has 7 heteroatoms. The largest absolute Gasteiger partial charge is 0.325 e. The van der Waals surface area contributed by atoms with Crippen molar-refractivity contribution in [2.45, 2.75) is 17.3 Å². The average Bonchev–Trinajstić information content (AvgIpc) is 3.34. The smallest absolute Gasteiger partial charge is 0.242 e. The van der Waals surface area contributed by atoms with Crippen molar-refractivity contribution in [2.75, 3.05) is 5.32 Å². The van der Waals surface area contributed by atoms with E-state index < -0.39 is 5.25 Å². The Hall–Kier alpha value is -4.23. The molecule has 0 aliphatic rings. The third-order valence-electron chi connectivity index (χ3n) is 5.47. The summed E-state index contributed by atoms with van der Waals surface area (Å²) in [5.74, 6) is 0.560. The Morgan fingerprint density at radius 3 is 2.17 bits per heavy atom. The molecule has 5 aromatic rings. The van der Waals surface area contributed by atoms with Crippen LogP contribution in [0.2, 0.25) is 0 Å². The molecule has 1 N–H and O–H groups in total. The topological polar surface area (TPSA) is 72.7 Å². The van der Waals surface area contributed by atoms with Gasteiger partial charge in [0.25, 0.3) is 0 Å².